The number of carbonyl (C=O) groups is 1. The minimum atomic E-state index is 0.0456. The van der Waals surface area contributed by atoms with Crippen molar-refractivity contribution in [2.24, 2.45) is 0 Å². The fraction of sp³-hybridized carbons (Fsp3) is 0.190. The number of thiophene rings is 1. The third-order valence-electron chi connectivity index (χ3n) is 4.50. The maximum Gasteiger partial charge on any atom is 0.225 e. The molecule has 4 nitrogen and oxygen atoms in total. The van der Waals surface area contributed by atoms with E-state index in [1.807, 2.05) is 60.0 Å². The van der Waals surface area contributed by atoms with Crippen LogP contribution in [-0.2, 0) is 11.4 Å². The van der Waals surface area contributed by atoms with Gasteiger partial charge in [0, 0.05) is 17.2 Å². The molecular weight excluding hydrogens is 346 g/mol. The second kappa shape index (κ2) is 7.22. The highest BCUT2D eigenvalue weighted by Crippen LogP contribution is 2.42. The summed E-state index contributed by atoms with van der Waals surface area (Å²) in [5.74, 6) is 1.48. The molecule has 5 heteroatoms. The van der Waals surface area contributed by atoms with Gasteiger partial charge in [-0.25, -0.2) is 0 Å². The Morgan fingerprint density at radius 1 is 1.12 bits per heavy atom. The average molecular weight is 365 g/mol. The standard InChI is InChI=1S/C21H19NO3S/c1-24-19-11-15(16-12-20(23)22-17-9-10-26-21(16)17)7-8-18(19)25-13-14-5-3-2-4-6-14/h2-11,16H,12-13H2,1H3,(H,22,23)/t16-/m1/s1. The second-order valence-corrected chi connectivity index (χ2v) is 7.14. The van der Waals surface area contributed by atoms with Gasteiger partial charge in [-0.05, 0) is 34.7 Å². The fourth-order valence-corrected chi connectivity index (χ4v) is 4.18. The third kappa shape index (κ3) is 3.30. The van der Waals surface area contributed by atoms with Crippen molar-refractivity contribution in [1.82, 2.24) is 0 Å². The molecule has 4 rings (SSSR count). The van der Waals surface area contributed by atoms with Crippen LogP contribution in [0.25, 0.3) is 0 Å². The minimum absolute atomic E-state index is 0.0456. The van der Waals surface area contributed by atoms with Gasteiger partial charge in [0.25, 0.3) is 0 Å². The van der Waals surface area contributed by atoms with Crippen molar-refractivity contribution in [3.63, 3.8) is 0 Å². The number of ether oxygens (including phenoxy) is 2. The molecule has 1 N–H and O–H groups in total. The molecule has 0 bridgehead atoms. The van der Waals surface area contributed by atoms with Crippen LogP contribution in [0.15, 0.2) is 60.0 Å². The maximum atomic E-state index is 12.0. The summed E-state index contributed by atoms with van der Waals surface area (Å²) in [6.45, 7) is 0.484. The zero-order valence-corrected chi connectivity index (χ0v) is 15.2. The molecule has 2 heterocycles. The molecule has 132 valence electrons. The molecule has 1 aliphatic rings. The molecule has 0 aliphatic carbocycles. The van der Waals surface area contributed by atoms with E-state index in [-0.39, 0.29) is 11.8 Å². The first-order chi connectivity index (χ1) is 12.7. The molecule has 0 radical (unpaired) electrons. The number of methoxy groups -OCH3 is 1. The summed E-state index contributed by atoms with van der Waals surface area (Å²) in [5.41, 5.74) is 3.08. The van der Waals surface area contributed by atoms with Crippen LogP contribution in [0, 0.1) is 0 Å². The normalized spacial score (nSPS) is 15.9. The van der Waals surface area contributed by atoms with E-state index in [9.17, 15) is 4.79 Å². The van der Waals surface area contributed by atoms with Crippen LogP contribution >= 0.6 is 11.3 Å². The Morgan fingerprint density at radius 2 is 1.96 bits per heavy atom. The summed E-state index contributed by atoms with van der Waals surface area (Å²) >= 11 is 1.67. The van der Waals surface area contributed by atoms with E-state index in [1.54, 1.807) is 18.4 Å². The van der Waals surface area contributed by atoms with Crippen LogP contribution in [0.1, 0.15) is 28.3 Å². The summed E-state index contributed by atoms with van der Waals surface area (Å²) in [5, 5.41) is 4.95. The molecule has 0 saturated heterocycles. The molecule has 0 spiro atoms. The van der Waals surface area contributed by atoms with Gasteiger partial charge in [0.2, 0.25) is 5.91 Å². The van der Waals surface area contributed by atoms with Crippen LogP contribution in [0.4, 0.5) is 5.69 Å². The Kier molecular flexibility index (Phi) is 4.63. The van der Waals surface area contributed by atoms with Crippen molar-refractivity contribution in [3.05, 3.63) is 76.0 Å². The summed E-state index contributed by atoms with van der Waals surface area (Å²) in [6, 6.07) is 17.9. The lowest BCUT2D eigenvalue weighted by Crippen LogP contribution is -2.21. The molecule has 0 saturated carbocycles. The molecule has 1 aromatic heterocycles. The molecule has 0 fully saturated rings. The Bertz CT molecular complexity index is 920. The molecule has 3 aromatic rings. The van der Waals surface area contributed by atoms with Crippen molar-refractivity contribution in [2.45, 2.75) is 18.9 Å². The van der Waals surface area contributed by atoms with E-state index >= 15 is 0 Å². The van der Waals surface area contributed by atoms with E-state index in [4.69, 9.17) is 9.47 Å². The molecule has 1 aliphatic heterocycles. The van der Waals surface area contributed by atoms with E-state index in [0.717, 1.165) is 16.8 Å². The number of rotatable bonds is 5. The van der Waals surface area contributed by atoms with Crippen molar-refractivity contribution in [1.29, 1.82) is 0 Å². The van der Waals surface area contributed by atoms with Crippen LogP contribution in [0.3, 0.4) is 0 Å². The molecule has 0 unspecified atom stereocenters. The summed E-state index contributed by atoms with van der Waals surface area (Å²) < 4.78 is 11.5. The highest BCUT2D eigenvalue weighted by Gasteiger charge is 2.28. The van der Waals surface area contributed by atoms with E-state index in [0.29, 0.717) is 24.5 Å². The van der Waals surface area contributed by atoms with Crippen molar-refractivity contribution >= 4 is 22.9 Å². The maximum absolute atomic E-state index is 12.0. The van der Waals surface area contributed by atoms with Gasteiger partial charge in [-0.1, -0.05) is 36.4 Å². The van der Waals surface area contributed by atoms with Crippen LogP contribution < -0.4 is 14.8 Å². The molecule has 1 amide bonds. The Labute approximate surface area is 156 Å². The Balaban J connectivity index is 1.59. The van der Waals surface area contributed by atoms with Crippen molar-refractivity contribution in [2.75, 3.05) is 12.4 Å². The number of hydrogen-bond acceptors (Lipinski definition) is 4. The predicted molar refractivity (Wildman–Crippen MR) is 103 cm³/mol. The first-order valence-corrected chi connectivity index (χ1v) is 9.34. The number of carbonyl (C=O) groups excluding carboxylic acids is 1. The van der Waals surface area contributed by atoms with E-state index in [1.165, 1.54) is 4.88 Å². The van der Waals surface area contributed by atoms with Gasteiger partial charge in [0.1, 0.15) is 6.61 Å². The van der Waals surface area contributed by atoms with Gasteiger partial charge in [-0.15, -0.1) is 11.3 Å². The van der Waals surface area contributed by atoms with Crippen LogP contribution in [-0.4, -0.2) is 13.0 Å². The first-order valence-electron chi connectivity index (χ1n) is 8.46. The number of amides is 1. The monoisotopic (exact) mass is 365 g/mol. The van der Waals surface area contributed by atoms with Gasteiger partial charge >= 0.3 is 0 Å². The zero-order chi connectivity index (χ0) is 17.9. The van der Waals surface area contributed by atoms with Crippen LogP contribution in [0.2, 0.25) is 0 Å². The SMILES string of the molecule is COc1cc([C@H]2CC(=O)Nc3ccsc32)ccc1OCc1ccccc1. The number of benzene rings is 2. The third-order valence-corrected chi connectivity index (χ3v) is 5.53. The zero-order valence-electron chi connectivity index (χ0n) is 14.4. The molecule has 1 atom stereocenters. The highest BCUT2D eigenvalue weighted by molar-refractivity contribution is 7.10. The Morgan fingerprint density at radius 3 is 2.77 bits per heavy atom. The second-order valence-electron chi connectivity index (χ2n) is 6.19. The first kappa shape index (κ1) is 16.7. The molecular formula is C21H19NO3S. The average Bonchev–Trinajstić information content (AvgIpc) is 3.14. The fourth-order valence-electron chi connectivity index (χ4n) is 3.20. The smallest absolute Gasteiger partial charge is 0.225 e. The van der Waals surface area contributed by atoms with Gasteiger partial charge in [-0.3, -0.25) is 4.79 Å². The molecule has 2 aromatic carbocycles. The summed E-state index contributed by atoms with van der Waals surface area (Å²) in [6.07, 6.45) is 0.445. The van der Waals surface area contributed by atoms with E-state index in [2.05, 4.69) is 5.32 Å². The lowest BCUT2D eigenvalue weighted by Gasteiger charge is -2.23. The number of fused-ring (bicyclic) bond motifs is 1. The van der Waals surface area contributed by atoms with Gasteiger partial charge in [0.05, 0.1) is 12.8 Å². The number of nitrogens with one attached hydrogen (secondary N) is 1. The van der Waals surface area contributed by atoms with Gasteiger partial charge in [0.15, 0.2) is 11.5 Å². The quantitative estimate of drug-likeness (QED) is 0.706. The number of anilines is 1. The lowest BCUT2D eigenvalue weighted by atomic mass is 9.90. The van der Waals surface area contributed by atoms with Gasteiger partial charge < -0.3 is 14.8 Å². The Hall–Kier alpha value is -2.79. The number of hydrogen-bond donors (Lipinski definition) is 1. The summed E-state index contributed by atoms with van der Waals surface area (Å²) in [7, 11) is 1.64. The summed E-state index contributed by atoms with van der Waals surface area (Å²) in [4.78, 5) is 13.2. The predicted octanol–water partition coefficient (Wildman–Crippen LogP) is 4.81. The largest absolute Gasteiger partial charge is 0.493 e. The minimum Gasteiger partial charge on any atom is -0.493 e. The van der Waals surface area contributed by atoms with Crippen molar-refractivity contribution in [3.8, 4) is 11.5 Å². The topological polar surface area (TPSA) is 47.6 Å². The van der Waals surface area contributed by atoms with E-state index < -0.39 is 0 Å². The highest BCUT2D eigenvalue weighted by atomic mass is 32.1. The molecule has 26 heavy (non-hydrogen) atoms. The van der Waals surface area contributed by atoms with Gasteiger partial charge in [-0.2, -0.15) is 0 Å². The van der Waals surface area contributed by atoms with Crippen molar-refractivity contribution < 1.29 is 14.3 Å². The van der Waals surface area contributed by atoms with Crippen LogP contribution in [0.5, 0.6) is 11.5 Å². The lowest BCUT2D eigenvalue weighted by molar-refractivity contribution is -0.116.